The summed E-state index contributed by atoms with van der Waals surface area (Å²) in [7, 11) is 0. The molecule has 0 N–H and O–H groups in total. The van der Waals surface area contributed by atoms with Crippen molar-refractivity contribution in [1.82, 2.24) is 0 Å². The molecular weight excluding hydrogens is 375 g/mol. The maximum absolute atomic E-state index is 2.24. The van der Waals surface area contributed by atoms with Gasteiger partial charge in [-0.3, -0.25) is 0 Å². The molecule has 4 radical (unpaired) electrons. The molecule has 3 aromatic carbocycles. The summed E-state index contributed by atoms with van der Waals surface area (Å²) in [6.07, 6.45) is 0. The normalized spacial score (nSPS) is 10.1. The Morgan fingerprint density at radius 1 is 0.467 bits per heavy atom. The molecule has 0 aliphatic carbocycles. The third kappa shape index (κ3) is 1.91. The Morgan fingerprint density at radius 3 is 1.00 bits per heavy atom. The van der Waals surface area contributed by atoms with Gasteiger partial charge in [0.25, 0.3) is 0 Å². The summed E-state index contributed by atoms with van der Waals surface area (Å²) in [5, 5.41) is 5.25. The van der Waals surface area contributed by atoms with Gasteiger partial charge in [0.05, 0.1) is 0 Å². The molecule has 0 aliphatic heterocycles. The third-order valence-corrected chi connectivity index (χ3v) is 2.61. The Balaban J connectivity index is 0.000000853. The van der Waals surface area contributed by atoms with Crippen LogP contribution < -0.4 is 0 Å². The van der Waals surface area contributed by atoms with Crippen LogP contribution in [0, 0.1) is 0 Å². The minimum absolute atomic E-state index is 0. The second-order valence-electron chi connectivity index (χ2n) is 3.55. The summed E-state index contributed by atoms with van der Waals surface area (Å²) in [6, 6.07) is 21.4. The zero-order valence-corrected chi connectivity index (χ0v) is 12.2. The maximum atomic E-state index is 2.24. The van der Waals surface area contributed by atoms with Gasteiger partial charge in [-0.15, -0.1) is 0 Å². The molecule has 0 saturated carbocycles. The van der Waals surface area contributed by atoms with Crippen LogP contribution in [0.25, 0.3) is 21.5 Å². The average Bonchev–Trinajstić information content (AvgIpc) is 2.26. The fourth-order valence-corrected chi connectivity index (χ4v) is 1.88. The van der Waals surface area contributed by atoms with E-state index >= 15 is 0 Å². The molecule has 3 rings (SSSR count). The van der Waals surface area contributed by atoms with E-state index in [4.69, 9.17) is 0 Å². The average molecular weight is 385 g/mol. The van der Waals surface area contributed by atoms with Crippen molar-refractivity contribution in [3.05, 3.63) is 60.7 Å². The van der Waals surface area contributed by atoms with E-state index < -0.39 is 0 Å². The molecular formula is C14H10Pb. The van der Waals surface area contributed by atoms with Gasteiger partial charge in [0, 0.05) is 27.3 Å². The van der Waals surface area contributed by atoms with Crippen molar-refractivity contribution in [2.24, 2.45) is 0 Å². The van der Waals surface area contributed by atoms with Crippen LogP contribution in [0.3, 0.4) is 0 Å². The zero-order valence-electron chi connectivity index (χ0n) is 8.27. The predicted molar refractivity (Wildman–Crippen MR) is 67.2 cm³/mol. The van der Waals surface area contributed by atoms with E-state index in [2.05, 4.69) is 60.7 Å². The predicted octanol–water partition coefficient (Wildman–Crippen LogP) is 3.61. The van der Waals surface area contributed by atoms with Crippen molar-refractivity contribution in [1.29, 1.82) is 0 Å². The number of rotatable bonds is 0. The molecule has 0 atom stereocenters. The molecule has 15 heavy (non-hydrogen) atoms. The second kappa shape index (κ2) is 4.31. The largest absolute Gasteiger partial charge is 0.0616 e. The van der Waals surface area contributed by atoms with E-state index in [9.17, 15) is 0 Å². The molecule has 70 valence electrons. The molecule has 1 heteroatoms. The van der Waals surface area contributed by atoms with Gasteiger partial charge in [0.15, 0.2) is 0 Å². The van der Waals surface area contributed by atoms with Gasteiger partial charge in [0.1, 0.15) is 0 Å². The first-order valence-electron chi connectivity index (χ1n) is 4.81. The maximum Gasteiger partial charge on any atom is 0 e. The molecule has 0 aliphatic rings. The van der Waals surface area contributed by atoms with Crippen molar-refractivity contribution < 1.29 is 0 Å². The first kappa shape index (κ1) is 10.6. The summed E-state index contributed by atoms with van der Waals surface area (Å²) < 4.78 is 0. The van der Waals surface area contributed by atoms with Gasteiger partial charge in [-0.2, -0.15) is 0 Å². The molecule has 0 heterocycles. The Morgan fingerprint density at radius 2 is 0.733 bits per heavy atom. The first-order valence-corrected chi connectivity index (χ1v) is 4.81. The SMILES string of the molecule is [Pb].c1ccc2cc3ccccc3cc2c1. The fraction of sp³-hybridized carbons (Fsp3) is 0. The van der Waals surface area contributed by atoms with Crippen LogP contribution in [-0.2, 0) is 0 Å². The van der Waals surface area contributed by atoms with Gasteiger partial charge in [0.2, 0.25) is 0 Å². The van der Waals surface area contributed by atoms with Crippen molar-refractivity contribution in [3.63, 3.8) is 0 Å². The first-order chi connectivity index (χ1) is 6.93. The van der Waals surface area contributed by atoms with Crippen LogP contribution in [-0.4, -0.2) is 27.3 Å². The topological polar surface area (TPSA) is 0 Å². The Bertz CT molecular complexity index is 494. The molecule has 0 fully saturated rings. The van der Waals surface area contributed by atoms with Crippen LogP contribution in [0.5, 0.6) is 0 Å². The van der Waals surface area contributed by atoms with Crippen molar-refractivity contribution in [3.8, 4) is 0 Å². The van der Waals surface area contributed by atoms with E-state index in [-0.39, 0.29) is 27.3 Å². The van der Waals surface area contributed by atoms with Crippen molar-refractivity contribution in [2.45, 2.75) is 0 Å². The van der Waals surface area contributed by atoms with Crippen LogP contribution >= 0.6 is 0 Å². The zero-order chi connectivity index (χ0) is 9.38. The fourth-order valence-electron chi connectivity index (χ4n) is 1.88. The quantitative estimate of drug-likeness (QED) is 0.410. The van der Waals surface area contributed by atoms with Gasteiger partial charge < -0.3 is 0 Å². The standard InChI is InChI=1S/C14H10.Pb/c1-2-6-12-10-14-8-4-3-7-13(14)9-11(12)5-1;/h1-10H;. The van der Waals surface area contributed by atoms with Gasteiger partial charge in [-0.25, -0.2) is 0 Å². The minimum atomic E-state index is 0. The van der Waals surface area contributed by atoms with Crippen LogP contribution in [0.2, 0.25) is 0 Å². The summed E-state index contributed by atoms with van der Waals surface area (Å²) >= 11 is 0. The number of benzene rings is 3. The Hall–Kier alpha value is -0.898. The minimum Gasteiger partial charge on any atom is -0.0616 e. The molecule has 3 aromatic rings. The molecule has 0 amide bonds. The Labute approximate surface area is 109 Å². The third-order valence-electron chi connectivity index (χ3n) is 2.61. The van der Waals surface area contributed by atoms with Gasteiger partial charge >= 0.3 is 0 Å². The van der Waals surface area contributed by atoms with Crippen LogP contribution in [0.15, 0.2) is 60.7 Å². The summed E-state index contributed by atoms with van der Waals surface area (Å²) in [5.41, 5.74) is 0. The molecule has 0 nitrogen and oxygen atoms in total. The van der Waals surface area contributed by atoms with E-state index in [1.54, 1.807) is 0 Å². The molecule has 0 spiro atoms. The van der Waals surface area contributed by atoms with Gasteiger partial charge in [-0.1, -0.05) is 48.5 Å². The molecule has 0 unspecified atom stereocenters. The van der Waals surface area contributed by atoms with E-state index in [1.807, 2.05) is 0 Å². The summed E-state index contributed by atoms with van der Waals surface area (Å²) in [4.78, 5) is 0. The Kier molecular flexibility index (Phi) is 3.05. The van der Waals surface area contributed by atoms with Crippen LogP contribution in [0.4, 0.5) is 0 Å². The van der Waals surface area contributed by atoms with E-state index in [1.165, 1.54) is 21.5 Å². The summed E-state index contributed by atoms with van der Waals surface area (Å²) in [5.74, 6) is 0. The monoisotopic (exact) mass is 386 g/mol. The van der Waals surface area contributed by atoms with E-state index in [0.717, 1.165) is 0 Å². The van der Waals surface area contributed by atoms with Crippen LogP contribution in [0.1, 0.15) is 0 Å². The number of fused-ring (bicyclic) bond motifs is 2. The summed E-state index contributed by atoms with van der Waals surface area (Å²) in [6.45, 7) is 0. The molecule has 0 bridgehead atoms. The number of hydrogen-bond acceptors (Lipinski definition) is 0. The van der Waals surface area contributed by atoms with E-state index in [0.29, 0.717) is 0 Å². The number of hydrogen-bond donors (Lipinski definition) is 0. The second-order valence-corrected chi connectivity index (χ2v) is 3.55. The molecule has 0 aromatic heterocycles. The van der Waals surface area contributed by atoms with Crippen molar-refractivity contribution in [2.75, 3.05) is 0 Å². The van der Waals surface area contributed by atoms with Crippen molar-refractivity contribution >= 4 is 48.8 Å². The van der Waals surface area contributed by atoms with Gasteiger partial charge in [-0.05, 0) is 33.7 Å². The molecule has 0 saturated heterocycles. The smallest absolute Gasteiger partial charge is 0 e.